The zero-order valence-corrected chi connectivity index (χ0v) is 12.0. The van der Waals surface area contributed by atoms with Gasteiger partial charge in [-0.2, -0.15) is 4.37 Å². The number of rotatable bonds is 3. The summed E-state index contributed by atoms with van der Waals surface area (Å²) < 4.78 is 31.1. The molecule has 0 bridgehead atoms. The van der Waals surface area contributed by atoms with Crippen molar-refractivity contribution in [1.82, 2.24) is 14.3 Å². The van der Waals surface area contributed by atoms with Crippen molar-refractivity contribution in [3.63, 3.8) is 0 Å². The summed E-state index contributed by atoms with van der Waals surface area (Å²) in [5.74, 6) is 0.524. The fraction of sp³-hybridized carbons (Fsp3) is 0.0909. The number of aromatic amines is 1. The first-order valence-electron chi connectivity index (χ1n) is 5.65. The first-order valence-corrected chi connectivity index (χ1v) is 7.91. The van der Waals surface area contributed by atoms with Crippen LogP contribution in [0.15, 0.2) is 29.3 Å². The van der Waals surface area contributed by atoms with Gasteiger partial charge in [0.25, 0.3) is 10.0 Å². The van der Waals surface area contributed by atoms with Crippen LogP contribution in [0.3, 0.4) is 0 Å². The molecule has 0 amide bonds. The van der Waals surface area contributed by atoms with Gasteiger partial charge in [-0.25, -0.2) is 13.4 Å². The van der Waals surface area contributed by atoms with E-state index < -0.39 is 10.0 Å². The van der Waals surface area contributed by atoms with Crippen molar-refractivity contribution in [2.45, 2.75) is 11.8 Å². The average Bonchev–Trinajstić information content (AvgIpc) is 2.95. The van der Waals surface area contributed by atoms with E-state index in [-0.39, 0.29) is 10.0 Å². The molecular weight excluding hydrogens is 298 g/mol. The van der Waals surface area contributed by atoms with Crippen molar-refractivity contribution in [3.05, 3.63) is 30.2 Å². The number of nitrogens with one attached hydrogen (secondary N) is 2. The Labute approximate surface area is 119 Å². The molecule has 7 nitrogen and oxygen atoms in total. The van der Waals surface area contributed by atoms with E-state index in [1.807, 2.05) is 0 Å². The Balaban J connectivity index is 2.07. The van der Waals surface area contributed by atoms with Crippen LogP contribution in [0.25, 0.3) is 10.9 Å². The number of benzene rings is 1. The number of sulfonamides is 1. The lowest BCUT2D eigenvalue weighted by Gasteiger charge is -2.03. The quantitative estimate of drug-likeness (QED) is 0.637. The van der Waals surface area contributed by atoms with Crippen LogP contribution in [0.2, 0.25) is 0 Å². The molecule has 0 aliphatic carbocycles. The Bertz CT molecular complexity index is 881. The highest BCUT2D eigenvalue weighted by molar-refractivity contribution is 7.93. The number of nitrogens with two attached hydrogens (primary N) is 1. The van der Waals surface area contributed by atoms with Crippen LogP contribution in [0.4, 0.5) is 10.8 Å². The van der Waals surface area contributed by atoms with Gasteiger partial charge in [0.15, 0.2) is 0 Å². The van der Waals surface area contributed by atoms with E-state index >= 15 is 0 Å². The average molecular weight is 309 g/mol. The highest BCUT2D eigenvalue weighted by Crippen LogP contribution is 2.26. The summed E-state index contributed by atoms with van der Waals surface area (Å²) in [5.41, 5.74) is 6.90. The summed E-state index contributed by atoms with van der Waals surface area (Å²) in [7, 11) is -3.73. The number of anilines is 2. The van der Waals surface area contributed by atoms with Gasteiger partial charge in [0, 0.05) is 34.3 Å². The Kier molecular flexibility index (Phi) is 2.87. The van der Waals surface area contributed by atoms with Gasteiger partial charge in [0.1, 0.15) is 10.7 Å². The van der Waals surface area contributed by atoms with Gasteiger partial charge >= 0.3 is 0 Å². The topological polar surface area (TPSA) is 114 Å². The second-order valence-electron chi connectivity index (χ2n) is 4.21. The number of hydrogen-bond acceptors (Lipinski definition) is 6. The minimum atomic E-state index is -3.73. The van der Waals surface area contributed by atoms with Crippen LogP contribution in [0, 0.1) is 6.92 Å². The SMILES string of the molecule is Cc1nsc(NS(=O)(=O)c2c[nH]c3ccc(N)cc23)n1. The molecule has 104 valence electrons. The molecule has 4 N–H and O–H groups in total. The van der Waals surface area contributed by atoms with Crippen LogP contribution < -0.4 is 10.5 Å². The molecule has 9 heteroatoms. The largest absolute Gasteiger partial charge is 0.399 e. The maximum atomic E-state index is 12.4. The van der Waals surface area contributed by atoms with E-state index in [2.05, 4.69) is 19.1 Å². The third-order valence-electron chi connectivity index (χ3n) is 2.71. The predicted octanol–water partition coefficient (Wildman–Crippen LogP) is 1.71. The Morgan fingerprint density at radius 2 is 2.20 bits per heavy atom. The third kappa shape index (κ3) is 2.21. The number of fused-ring (bicyclic) bond motifs is 1. The van der Waals surface area contributed by atoms with E-state index in [9.17, 15) is 8.42 Å². The van der Waals surface area contributed by atoms with Crippen LogP contribution in [-0.2, 0) is 10.0 Å². The number of aryl methyl sites for hydroxylation is 1. The zero-order valence-electron chi connectivity index (χ0n) is 10.4. The summed E-state index contributed by atoms with van der Waals surface area (Å²) in [5, 5.41) is 0.777. The molecule has 3 aromatic rings. The van der Waals surface area contributed by atoms with Crippen LogP contribution in [0.5, 0.6) is 0 Å². The predicted molar refractivity (Wildman–Crippen MR) is 78.2 cm³/mol. The van der Waals surface area contributed by atoms with Crippen LogP contribution in [-0.4, -0.2) is 22.8 Å². The summed E-state index contributed by atoms with van der Waals surface area (Å²) in [6.07, 6.45) is 1.43. The zero-order chi connectivity index (χ0) is 14.3. The monoisotopic (exact) mass is 309 g/mol. The number of nitrogen functional groups attached to an aromatic ring is 1. The highest BCUT2D eigenvalue weighted by atomic mass is 32.2. The van der Waals surface area contributed by atoms with Gasteiger partial charge in [-0.15, -0.1) is 0 Å². The van der Waals surface area contributed by atoms with Crippen LogP contribution in [0.1, 0.15) is 5.82 Å². The number of aromatic nitrogens is 3. The molecule has 3 rings (SSSR count). The number of H-pyrrole nitrogens is 1. The summed E-state index contributed by atoms with van der Waals surface area (Å²) >= 11 is 0.996. The molecule has 0 aliphatic heterocycles. The molecule has 20 heavy (non-hydrogen) atoms. The van der Waals surface area contributed by atoms with E-state index in [1.165, 1.54) is 6.20 Å². The van der Waals surface area contributed by atoms with Crippen molar-refractivity contribution >= 4 is 43.3 Å². The van der Waals surface area contributed by atoms with Gasteiger partial charge in [0.2, 0.25) is 5.13 Å². The molecule has 2 aromatic heterocycles. The van der Waals surface area contributed by atoms with E-state index in [0.717, 1.165) is 11.5 Å². The molecule has 0 radical (unpaired) electrons. The number of nitrogens with zero attached hydrogens (tertiary/aromatic N) is 2. The lowest BCUT2D eigenvalue weighted by Crippen LogP contribution is -2.12. The molecular formula is C11H11N5O2S2. The summed E-state index contributed by atoms with van der Waals surface area (Å²) in [6.45, 7) is 1.70. The van der Waals surface area contributed by atoms with E-state index in [0.29, 0.717) is 22.4 Å². The molecule has 0 fully saturated rings. The minimum absolute atomic E-state index is 0.132. The highest BCUT2D eigenvalue weighted by Gasteiger charge is 2.20. The molecule has 2 heterocycles. The Morgan fingerprint density at radius 3 is 2.90 bits per heavy atom. The van der Waals surface area contributed by atoms with Gasteiger partial charge in [0.05, 0.1) is 0 Å². The maximum absolute atomic E-state index is 12.4. The third-order valence-corrected chi connectivity index (χ3v) is 4.94. The Morgan fingerprint density at radius 1 is 1.40 bits per heavy atom. The minimum Gasteiger partial charge on any atom is -0.399 e. The molecule has 0 saturated heterocycles. The second kappa shape index (κ2) is 4.46. The number of hydrogen-bond donors (Lipinski definition) is 3. The van der Waals surface area contributed by atoms with E-state index in [1.54, 1.807) is 25.1 Å². The lowest BCUT2D eigenvalue weighted by atomic mass is 10.2. The lowest BCUT2D eigenvalue weighted by molar-refractivity contribution is 0.602. The van der Waals surface area contributed by atoms with Crippen molar-refractivity contribution < 1.29 is 8.42 Å². The first-order chi connectivity index (χ1) is 9.45. The maximum Gasteiger partial charge on any atom is 0.265 e. The van der Waals surface area contributed by atoms with Gasteiger partial charge < -0.3 is 10.7 Å². The van der Waals surface area contributed by atoms with Gasteiger partial charge in [-0.3, -0.25) is 4.72 Å². The van der Waals surface area contributed by atoms with Gasteiger partial charge in [-0.05, 0) is 25.1 Å². The molecule has 0 unspecified atom stereocenters. The standard InChI is InChI=1S/C11H11N5O2S2/c1-6-14-11(19-15-6)16-20(17,18)10-5-13-9-3-2-7(12)4-8(9)10/h2-5,13H,12H2,1H3,(H,14,15,16). The molecule has 0 saturated carbocycles. The molecule has 1 aromatic carbocycles. The second-order valence-corrected chi connectivity index (χ2v) is 6.61. The summed E-state index contributed by atoms with van der Waals surface area (Å²) in [4.78, 5) is 7.02. The molecule has 0 spiro atoms. The van der Waals surface area contributed by atoms with Crippen molar-refractivity contribution in [2.75, 3.05) is 10.5 Å². The molecule has 0 aliphatic rings. The first kappa shape index (κ1) is 12.9. The normalized spacial score (nSPS) is 11.8. The van der Waals surface area contributed by atoms with Crippen molar-refractivity contribution in [1.29, 1.82) is 0 Å². The fourth-order valence-electron chi connectivity index (χ4n) is 1.84. The van der Waals surface area contributed by atoms with Crippen LogP contribution >= 0.6 is 11.5 Å². The molecule has 0 atom stereocenters. The summed E-state index contributed by atoms with van der Waals surface area (Å²) in [6, 6.07) is 5.06. The fourth-order valence-corrected chi connectivity index (χ4v) is 3.81. The Hall–Kier alpha value is -2.13. The van der Waals surface area contributed by atoms with Crippen molar-refractivity contribution in [3.8, 4) is 0 Å². The smallest absolute Gasteiger partial charge is 0.265 e. The van der Waals surface area contributed by atoms with E-state index in [4.69, 9.17) is 5.73 Å². The van der Waals surface area contributed by atoms with Gasteiger partial charge in [-0.1, -0.05) is 0 Å². The van der Waals surface area contributed by atoms with Crippen molar-refractivity contribution in [2.24, 2.45) is 0 Å².